The number of likely N-dealkylation sites (N-methyl/N-ethyl adjacent to an activating group) is 1. The average Bonchev–Trinajstić information content (AvgIpc) is 2.66. The van der Waals surface area contributed by atoms with Gasteiger partial charge in [-0.25, -0.2) is 4.79 Å². The van der Waals surface area contributed by atoms with E-state index in [2.05, 4.69) is 12.2 Å². The second-order valence-electron chi connectivity index (χ2n) is 8.10. The van der Waals surface area contributed by atoms with E-state index in [1.165, 1.54) is 51.4 Å². The lowest BCUT2D eigenvalue weighted by Gasteiger charge is -2.36. The van der Waals surface area contributed by atoms with Gasteiger partial charge in [-0.2, -0.15) is 0 Å². The minimum atomic E-state index is -0.860. The van der Waals surface area contributed by atoms with Gasteiger partial charge in [0.25, 0.3) is 0 Å². The molecule has 0 aliphatic carbocycles. The topological polar surface area (TPSA) is 86.6 Å². The summed E-state index contributed by atoms with van der Waals surface area (Å²) < 4.78 is 0.324. The first kappa shape index (κ1) is 26.9. The minimum Gasteiger partial charge on any atom is -0.477 e. The van der Waals surface area contributed by atoms with Crippen LogP contribution < -0.4 is 5.32 Å². The summed E-state index contributed by atoms with van der Waals surface area (Å²) in [7, 11) is 0. The highest BCUT2D eigenvalue weighted by Crippen LogP contribution is 2.11. The van der Waals surface area contributed by atoms with Gasteiger partial charge in [0, 0.05) is 13.0 Å². The second kappa shape index (κ2) is 16.8. The fourth-order valence-corrected chi connectivity index (χ4v) is 3.66. The fraction of sp³-hybridized carbons (Fsp3) is 0.909. The first-order chi connectivity index (χ1) is 13.4. The molecule has 0 aliphatic rings. The van der Waals surface area contributed by atoms with E-state index >= 15 is 0 Å². The molecule has 0 radical (unpaired) electrons. The van der Waals surface area contributed by atoms with Crippen LogP contribution >= 0.6 is 0 Å². The molecule has 0 fully saturated rings. The highest BCUT2D eigenvalue weighted by molar-refractivity contribution is 5.75. The molecule has 0 aliphatic heterocycles. The quantitative estimate of drug-likeness (QED) is 0.227. The Balaban J connectivity index is 3.81. The molecule has 1 unspecified atom stereocenters. The molecule has 0 bridgehead atoms. The Labute approximate surface area is 172 Å². The van der Waals surface area contributed by atoms with Crippen LogP contribution in [0.15, 0.2) is 0 Å². The number of aliphatic hydroxyl groups is 1. The van der Waals surface area contributed by atoms with Crippen LogP contribution in [0.3, 0.4) is 0 Å². The molecule has 6 heteroatoms. The maximum atomic E-state index is 11.9. The Morgan fingerprint density at radius 1 is 0.857 bits per heavy atom. The first-order valence-corrected chi connectivity index (χ1v) is 11.4. The largest absolute Gasteiger partial charge is 0.477 e. The van der Waals surface area contributed by atoms with Gasteiger partial charge in [0.1, 0.15) is 12.6 Å². The molecule has 0 aromatic heterocycles. The molecule has 0 saturated carbocycles. The third kappa shape index (κ3) is 13.9. The number of aliphatic hydroxyl groups excluding tert-OH is 1. The van der Waals surface area contributed by atoms with Crippen LogP contribution in [0.2, 0.25) is 0 Å². The minimum absolute atomic E-state index is 0.00336. The van der Waals surface area contributed by atoms with Crippen molar-refractivity contribution in [3.63, 3.8) is 0 Å². The molecule has 3 N–H and O–H groups in total. The molecule has 0 aromatic rings. The molecule has 0 saturated heterocycles. The summed E-state index contributed by atoms with van der Waals surface area (Å²) in [4.78, 5) is 23.0. The third-order valence-electron chi connectivity index (χ3n) is 5.70. The SMILES string of the molecule is CCCCCCCCCCCCC(=O)NCC(O)C[N+](CC)(CC)CC(=O)O. The molecule has 0 spiro atoms. The van der Waals surface area contributed by atoms with Gasteiger partial charge in [-0.3, -0.25) is 4.79 Å². The van der Waals surface area contributed by atoms with Crippen molar-refractivity contribution in [2.75, 3.05) is 32.7 Å². The van der Waals surface area contributed by atoms with Gasteiger partial charge >= 0.3 is 5.97 Å². The van der Waals surface area contributed by atoms with Crippen LogP contribution in [0.25, 0.3) is 0 Å². The van der Waals surface area contributed by atoms with E-state index in [9.17, 15) is 14.7 Å². The van der Waals surface area contributed by atoms with E-state index < -0.39 is 12.1 Å². The molecular weight excluding hydrogens is 356 g/mol. The number of aliphatic carboxylic acids is 1. The lowest BCUT2D eigenvalue weighted by molar-refractivity contribution is -0.920. The number of nitrogens with one attached hydrogen (secondary N) is 1. The number of rotatable bonds is 19. The van der Waals surface area contributed by atoms with Crippen LogP contribution in [-0.2, 0) is 9.59 Å². The van der Waals surface area contributed by atoms with E-state index in [4.69, 9.17) is 5.11 Å². The highest BCUT2D eigenvalue weighted by atomic mass is 16.4. The molecule has 0 heterocycles. The van der Waals surface area contributed by atoms with Crippen molar-refractivity contribution in [3.8, 4) is 0 Å². The highest BCUT2D eigenvalue weighted by Gasteiger charge is 2.29. The zero-order valence-corrected chi connectivity index (χ0v) is 18.5. The molecule has 0 aromatic carbocycles. The standard InChI is InChI=1S/C22H44N2O4/c1-4-7-8-9-10-11-12-13-14-15-16-21(26)23-17-20(25)18-24(5-2,6-3)19-22(27)28/h20,25H,4-19H2,1-3H3,(H-,23,26,27,28)/p+1. The van der Waals surface area contributed by atoms with Crippen LogP contribution in [0.5, 0.6) is 0 Å². The Kier molecular flexibility index (Phi) is 16.1. The van der Waals surface area contributed by atoms with Crippen LogP contribution in [-0.4, -0.2) is 65.4 Å². The predicted octanol–water partition coefficient (Wildman–Crippen LogP) is 3.72. The number of carboxylic acid groups (broad SMARTS) is 1. The van der Waals surface area contributed by atoms with Crippen molar-refractivity contribution in [1.29, 1.82) is 0 Å². The van der Waals surface area contributed by atoms with E-state index in [0.717, 1.165) is 12.8 Å². The average molecular weight is 402 g/mol. The predicted molar refractivity (Wildman–Crippen MR) is 114 cm³/mol. The van der Waals surface area contributed by atoms with Gasteiger partial charge in [-0.15, -0.1) is 0 Å². The monoisotopic (exact) mass is 401 g/mol. The van der Waals surface area contributed by atoms with Crippen molar-refractivity contribution in [2.45, 2.75) is 97.5 Å². The summed E-state index contributed by atoms with van der Waals surface area (Å²) in [6.45, 7) is 7.93. The molecule has 1 amide bonds. The van der Waals surface area contributed by atoms with Gasteiger partial charge < -0.3 is 20.0 Å². The van der Waals surface area contributed by atoms with Crippen LogP contribution in [0.1, 0.15) is 91.4 Å². The van der Waals surface area contributed by atoms with Crippen LogP contribution in [0, 0.1) is 0 Å². The van der Waals surface area contributed by atoms with Crippen molar-refractivity contribution < 1.29 is 24.3 Å². The number of carbonyl (C=O) groups excluding carboxylic acids is 1. The molecule has 28 heavy (non-hydrogen) atoms. The normalized spacial score (nSPS) is 12.7. The molecule has 0 rings (SSSR count). The Morgan fingerprint density at radius 2 is 1.36 bits per heavy atom. The number of hydrogen-bond acceptors (Lipinski definition) is 3. The number of amides is 1. The number of unbranched alkanes of at least 4 members (excludes halogenated alkanes) is 9. The van der Waals surface area contributed by atoms with Crippen molar-refractivity contribution in [1.82, 2.24) is 5.32 Å². The zero-order valence-electron chi connectivity index (χ0n) is 18.5. The lowest BCUT2D eigenvalue weighted by Crippen LogP contribution is -2.56. The van der Waals surface area contributed by atoms with Gasteiger partial charge in [0.2, 0.25) is 5.91 Å². The van der Waals surface area contributed by atoms with E-state index in [-0.39, 0.29) is 19.0 Å². The zero-order chi connectivity index (χ0) is 21.3. The van der Waals surface area contributed by atoms with Crippen molar-refractivity contribution in [2.24, 2.45) is 0 Å². The van der Waals surface area contributed by atoms with Crippen molar-refractivity contribution >= 4 is 11.9 Å². The number of hydrogen-bond donors (Lipinski definition) is 3. The van der Waals surface area contributed by atoms with Gasteiger partial charge in [0.05, 0.1) is 13.1 Å². The number of carboxylic acids is 1. The van der Waals surface area contributed by atoms with Gasteiger partial charge in [-0.1, -0.05) is 64.7 Å². The van der Waals surface area contributed by atoms with E-state index in [0.29, 0.717) is 30.5 Å². The van der Waals surface area contributed by atoms with E-state index in [1.807, 2.05) is 13.8 Å². The van der Waals surface area contributed by atoms with Crippen molar-refractivity contribution in [3.05, 3.63) is 0 Å². The number of quaternary nitrogens is 1. The summed E-state index contributed by atoms with van der Waals surface area (Å²) in [6, 6.07) is 0. The number of nitrogens with zero attached hydrogens (tertiary/aromatic N) is 1. The molecule has 6 nitrogen and oxygen atoms in total. The summed E-state index contributed by atoms with van der Waals surface area (Å²) in [5.41, 5.74) is 0. The lowest BCUT2D eigenvalue weighted by atomic mass is 10.1. The van der Waals surface area contributed by atoms with Crippen LogP contribution in [0.4, 0.5) is 0 Å². The maximum absolute atomic E-state index is 11.9. The summed E-state index contributed by atoms with van der Waals surface area (Å²) in [6.07, 6.45) is 12.2. The van der Waals surface area contributed by atoms with Gasteiger partial charge in [-0.05, 0) is 20.3 Å². The summed E-state index contributed by atoms with van der Waals surface area (Å²) in [5, 5.41) is 22.1. The van der Waals surface area contributed by atoms with Gasteiger partial charge in [0.15, 0.2) is 6.54 Å². The Hall–Kier alpha value is -1.14. The third-order valence-corrected chi connectivity index (χ3v) is 5.70. The first-order valence-electron chi connectivity index (χ1n) is 11.4. The fourth-order valence-electron chi connectivity index (χ4n) is 3.66. The summed E-state index contributed by atoms with van der Waals surface area (Å²) in [5.74, 6) is -0.885. The molecule has 1 atom stereocenters. The smallest absolute Gasteiger partial charge is 0.359 e. The molecule has 166 valence electrons. The summed E-state index contributed by atoms with van der Waals surface area (Å²) >= 11 is 0. The maximum Gasteiger partial charge on any atom is 0.359 e. The van der Waals surface area contributed by atoms with E-state index in [1.54, 1.807) is 0 Å². The Bertz CT molecular complexity index is 411. The molecular formula is C22H45N2O4+. The number of carbonyl (C=O) groups is 2. The second-order valence-corrected chi connectivity index (χ2v) is 8.10. The Morgan fingerprint density at radius 3 is 1.82 bits per heavy atom.